The van der Waals surface area contributed by atoms with Crippen molar-refractivity contribution in [1.82, 2.24) is 0 Å². The van der Waals surface area contributed by atoms with Gasteiger partial charge in [0.2, 0.25) is 0 Å². The monoisotopic (exact) mass is 1320 g/mol. The van der Waals surface area contributed by atoms with Crippen LogP contribution in [0, 0.1) is 0 Å². The van der Waals surface area contributed by atoms with Crippen molar-refractivity contribution in [3.05, 3.63) is 12.2 Å². The second-order valence-electron chi connectivity index (χ2n) is 31.0. The van der Waals surface area contributed by atoms with Gasteiger partial charge < -0.3 is 0 Å². The zero-order valence-corrected chi connectivity index (χ0v) is 64.8. The standard InChI is InChI=1S/C90H172O4/c1-3-4-5-6-7-8-9-10-11-12-13-14-15-16-17-18-19-20-21-22-23-24-25-26-27-28-29-30-31-32-33-34-35-36-37-38-39-40-41-42-43-44-45-46-47-48-49-50-51-52-53-54-55-56-57-58-59-60-61-62-63-64-65-66-67-68-69-70-71-72-73-77-82-88(92)84-79-76-80-85-89(93)83-78-74-75-81-86-90(94)87(2)91/h72-73H,3-71,74-86H2,1-2H3. The maximum atomic E-state index is 12.3. The third kappa shape index (κ3) is 82.8. The summed E-state index contributed by atoms with van der Waals surface area (Å²) in [5, 5.41) is 0. The molecule has 0 aromatic rings. The molecular weight excluding hydrogens is 1140 g/mol. The second kappa shape index (κ2) is 83.8. The zero-order chi connectivity index (χ0) is 67.7. The Hall–Kier alpha value is -1.58. The predicted molar refractivity (Wildman–Crippen MR) is 419 cm³/mol. The highest BCUT2D eigenvalue weighted by molar-refractivity contribution is 6.36. The van der Waals surface area contributed by atoms with E-state index in [9.17, 15) is 19.2 Å². The highest BCUT2D eigenvalue weighted by Crippen LogP contribution is 2.22. The maximum absolute atomic E-state index is 12.3. The average Bonchev–Trinajstić information content (AvgIpc) is 3.70. The number of carbonyl (C=O) groups excluding carboxylic acids is 4. The van der Waals surface area contributed by atoms with Crippen LogP contribution in [-0.4, -0.2) is 23.1 Å². The van der Waals surface area contributed by atoms with Crippen LogP contribution in [0.2, 0.25) is 0 Å². The van der Waals surface area contributed by atoms with Crippen molar-refractivity contribution in [2.45, 2.75) is 540 Å². The highest BCUT2D eigenvalue weighted by Gasteiger charge is 2.09. The minimum atomic E-state index is -0.359. The van der Waals surface area contributed by atoms with E-state index in [-0.39, 0.29) is 11.6 Å². The Balaban J connectivity index is 3.16. The fraction of sp³-hybridized carbons (Fsp3) is 0.933. The molecule has 556 valence electrons. The number of carbonyl (C=O) groups is 4. The topological polar surface area (TPSA) is 68.3 Å². The molecule has 0 N–H and O–H groups in total. The lowest BCUT2D eigenvalue weighted by Gasteiger charge is -2.05. The summed E-state index contributed by atoms with van der Waals surface area (Å²) in [6.07, 6.45) is 115. The van der Waals surface area contributed by atoms with E-state index < -0.39 is 0 Å². The summed E-state index contributed by atoms with van der Waals surface area (Å²) in [7, 11) is 0. The Kier molecular flexibility index (Phi) is 82.4. The number of rotatable bonds is 86. The molecule has 0 amide bonds. The van der Waals surface area contributed by atoms with Crippen molar-refractivity contribution in [2.75, 3.05) is 0 Å². The fourth-order valence-electron chi connectivity index (χ4n) is 14.7. The predicted octanol–water partition coefficient (Wildman–Crippen LogP) is 31.8. The van der Waals surface area contributed by atoms with Crippen molar-refractivity contribution < 1.29 is 19.2 Å². The molecule has 0 fully saturated rings. The van der Waals surface area contributed by atoms with Gasteiger partial charge in [-0.2, -0.15) is 0 Å². The van der Waals surface area contributed by atoms with Gasteiger partial charge in [-0.15, -0.1) is 0 Å². The van der Waals surface area contributed by atoms with Crippen LogP contribution in [0.4, 0.5) is 0 Å². The van der Waals surface area contributed by atoms with E-state index in [2.05, 4.69) is 19.1 Å². The zero-order valence-electron chi connectivity index (χ0n) is 64.8. The first-order valence-electron chi connectivity index (χ1n) is 44.2. The minimum absolute atomic E-state index is 0.287. The maximum Gasteiger partial charge on any atom is 0.198 e. The highest BCUT2D eigenvalue weighted by atomic mass is 16.2. The number of ketones is 4. The second-order valence-corrected chi connectivity index (χ2v) is 31.0. The molecule has 0 aromatic carbocycles. The van der Waals surface area contributed by atoms with E-state index in [0.29, 0.717) is 43.7 Å². The average molecular weight is 1320 g/mol. The summed E-state index contributed by atoms with van der Waals surface area (Å²) in [6.45, 7) is 3.64. The molecular formula is C90H172O4. The molecule has 0 aliphatic carbocycles. The van der Waals surface area contributed by atoms with Gasteiger partial charge in [0.25, 0.3) is 0 Å². The van der Waals surface area contributed by atoms with Crippen molar-refractivity contribution >= 4 is 23.1 Å². The quantitative estimate of drug-likeness (QED) is 0.0346. The molecule has 0 aliphatic rings. The van der Waals surface area contributed by atoms with Crippen molar-refractivity contribution in [3.63, 3.8) is 0 Å². The van der Waals surface area contributed by atoms with Gasteiger partial charge >= 0.3 is 0 Å². The van der Waals surface area contributed by atoms with Gasteiger partial charge in [0, 0.05) is 39.0 Å². The molecule has 0 bridgehead atoms. The molecule has 0 radical (unpaired) electrons. The third-order valence-electron chi connectivity index (χ3n) is 21.4. The molecule has 0 spiro atoms. The van der Waals surface area contributed by atoms with Gasteiger partial charge in [-0.05, 0) is 44.9 Å². The Bertz CT molecular complexity index is 1510. The van der Waals surface area contributed by atoms with E-state index in [0.717, 1.165) is 57.8 Å². The summed E-state index contributed by atoms with van der Waals surface area (Å²) in [6, 6.07) is 0. The summed E-state index contributed by atoms with van der Waals surface area (Å²) in [5.74, 6) is 0.00986. The molecule has 4 nitrogen and oxygen atoms in total. The molecule has 0 saturated carbocycles. The molecule has 0 atom stereocenters. The smallest absolute Gasteiger partial charge is 0.198 e. The first-order chi connectivity index (χ1) is 46.5. The number of allylic oxidation sites excluding steroid dienone is 2. The largest absolute Gasteiger partial charge is 0.300 e. The van der Waals surface area contributed by atoms with E-state index >= 15 is 0 Å². The van der Waals surface area contributed by atoms with Crippen LogP contribution >= 0.6 is 0 Å². The normalized spacial score (nSPS) is 11.7. The van der Waals surface area contributed by atoms with E-state index in [1.165, 1.54) is 444 Å². The summed E-state index contributed by atoms with van der Waals surface area (Å²) in [4.78, 5) is 46.7. The van der Waals surface area contributed by atoms with Crippen molar-refractivity contribution in [1.29, 1.82) is 0 Å². The Morgan fingerprint density at radius 2 is 0.319 bits per heavy atom. The van der Waals surface area contributed by atoms with Gasteiger partial charge in [-0.1, -0.05) is 469 Å². The first-order valence-corrected chi connectivity index (χ1v) is 44.2. The Morgan fingerprint density at radius 1 is 0.170 bits per heavy atom. The molecule has 4 heteroatoms. The van der Waals surface area contributed by atoms with Crippen LogP contribution in [-0.2, 0) is 19.2 Å². The summed E-state index contributed by atoms with van der Waals surface area (Å²) in [5.41, 5.74) is 0. The molecule has 0 aromatic heterocycles. The van der Waals surface area contributed by atoms with Crippen LogP contribution < -0.4 is 0 Å². The first kappa shape index (κ1) is 92.4. The molecule has 0 rings (SSSR count). The van der Waals surface area contributed by atoms with E-state index in [4.69, 9.17) is 0 Å². The molecule has 0 heterocycles. The van der Waals surface area contributed by atoms with Crippen LogP contribution in [0.3, 0.4) is 0 Å². The van der Waals surface area contributed by atoms with Crippen LogP contribution in [0.1, 0.15) is 540 Å². The summed E-state index contributed by atoms with van der Waals surface area (Å²) >= 11 is 0. The number of hydrogen-bond acceptors (Lipinski definition) is 4. The van der Waals surface area contributed by atoms with Gasteiger partial charge in [-0.25, -0.2) is 0 Å². The van der Waals surface area contributed by atoms with Crippen LogP contribution in [0.25, 0.3) is 0 Å². The third-order valence-corrected chi connectivity index (χ3v) is 21.4. The van der Waals surface area contributed by atoms with Crippen molar-refractivity contribution in [3.8, 4) is 0 Å². The molecule has 0 unspecified atom stereocenters. The van der Waals surface area contributed by atoms with Gasteiger partial charge in [-0.3, -0.25) is 19.2 Å². The van der Waals surface area contributed by atoms with Gasteiger partial charge in [0.15, 0.2) is 11.6 Å². The lowest BCUT2D eigenvalue weighted by molar-refractivity contribution is -0.135. The molecule has 0 aliphatic heterocycles. The fourth-order valence-corrected chi connectivity index (χ4v) is 14.7. The molecule has 0 saturated heterocycles. The van der Waals surface area contributed by atoms with Crippen LogP contribution in [0.15, 0.2) is 12.2 Å². The summed E-state index contributed by atoms with van der Waals surface area (Å²) < 4.78 is 0. The van der Waals surface area contributed by atoms with Gasteiger partial charge in [0.05, 0.1) is 0 Å². The number of hydrogen-bond donors (Lipinski definition) is 0. The van der Waals surface area contributed by atoms with Gasteiger partial charge in [0.1, 0.15) is 11.6 Å². The SMILES string of the molecule is CCCCCCCCCCCCCCCCCCCCCCCCCCCCCCCCCCCCCCCCCCCCCCCCCCCCCCCCCCCCCCCCCCCCCCC=CCCC(=O)CCCCCC(=O)CCCCCCC(=O)C(C)=O. The number of Topliss-reactive ketones (excluding diaryl/α,β-unsaturated/α-hetero) is 4. The Morgan fingerprint density at radius 3 is 0.521 bits per heavy atom. The molecule has 94 heavy (non-hydrogen) atoms. The number of unbranched alkanes of at least 4 members (excludes halogenated alkanes) is 73. The minimum Gasteiger partial charge on any atom is -0.300 e. The van der Waals surface area contributed by atoms with Crippen LogP contribution in [0.5, 0.6) is 0 Å². The van der Waals surface area contributed by atoms with E-state index in [1.807, 2.05) is 0 Å². The lowest BCUT2D eigenvalue weighted by Crippen LogP contribution is -2.08. The van der Waals surface area contributed by atoms with E-state index in [1.54, 1.807) is 0 Å². The Labute approximate surface area is 591 Å². The van der Waals surface area contributed by atoms with Crippen molar-refractivity contribution in [2.24, 2.45) is 0 Å². The lowest BCUT2D eigenvalue weighted by atomic mass is 10.0.